The topological polar surface area (TPSA) is 107 Å². The van der Waals surface area contributed by atoms with Crippen LogP contribution in [0.15, 0.2) is 30.3 Å². The zero-order valence-electron chi connectivity index (χ0n) is 12.7. The minimum Gasteiger partial charge on any atom is -1.00 e. The van der Waals surface area contributed by atoms with E-state index < -0.39 is 16.3 Å². The second-order valence-electron chi connectivity index (χ2n) is 4.77. The van der Waals surface area contributed by atoms with Crippen molar-refractivity contribution in [3.05, 3.63) is 30.3 Å². The van der Waals surface area contributed by atoms with Crippen LogP contribution in [-0.4, -0.2) is 37.5 Å². The van der Waals surface area contributed by atoms with Crippen molar-refractivity contribution in [1.82, 2.24) is 4.72 Å². The van der Waals surface area contributed by atoms with E-state index in [-0.39, 0.29) is 76.5 Å². The van der Waals surface area contributed by atoms with Crippen molar-refractivity contribution in [2.45, 2.75) is 6.04 Å². The Bertz CT molecular complexity index is 846. The Balaban J connectivity index is 0.00000132. The fourth-order valence-electron chi connectivity index (χ4n) is 2.33. The molecule has 1 saturated heterocycles. The number of carbonyl (C=O) groups is 1. The number of carbonyl (C=O) groups excluding carboxylic acids is 1. The van der Waals surface area contributed by atoms with E-state index in [0.717, 1.165) is 4.31 Å². The number of phenols is 2. The Morgan fingerprint density at radius 3 is 2.59 bits per heavy atom. The number of rotatable bonds is 2. The maximum Gasteiger partial charge on any atom is 1.00 e. The molecule has 1 aliphatic heterocycles. The van der Waals surface area contributed by atoms with Gasteiger partial charge in [-0.2, -0.15) is 13.1 Å². The fourth-order valence-corrected chi connectivity index (χ4v) is 3.73. The van der Waals surface area contributed by atoms with Gasteiger partial charge in [0.15, 0.2) is 0 Å². The third-order valence-corrected chi connectivity index (χ3v) is 4.83. The molecule has 7 nitrogen and oxygen atoms in total. The number of aromatic hydroxyl groups is 2. The van der Waals surface area contributed by atoms with E-state index in [0.29, 0.717) is 17.1 Å². The summed E-state index contributed by atoms with van der Waals surface area (Å²) in [7, 11) is -3.87. The van der Waals surface area contributed by atoms with E-state index in [1.807, 2.05) is 0 Å². The average molecular weight is 348 g/mol. The molecule has 9 heteroatoms. The first-order valence-electron chi connectivity index (χ1n) is 6.12. The predicted octanol–water partition coefficient (Wildman–Crippen LogP) is -2.41. The molecule has 2 aromatic carbocycles. The fraction of sp³-hybridized carbons (Fsp3) is 0.154. The zero-order chi connectivity index (χ0) is 15.2. The normalized spacial score (nSPS) is 19.8. The molecule has 2 aromatic rings. The molecule has 1 unspecified atom stereocenters. The summed E-state index contributed by atoms with van der Waals surface area (Å²) in [5.74, 6) is -0.183. The van der Waals surface area contributed by atoms with Crippen LogP contribution in [0.25, 0.3) is 10.8 Å². The Hall–Kier alpha value is -0.684. The number of benzene rings is 2. The van der Waals surface area contributed by atoms with Gasteiger partial charge in [-0.25, -0.2) is 0 Å². The number of hydrogen-bond donors (Lipinski definition) is 3. The summed E-state index contributed by atoms with van der Waals surface area (Å²) in [5.41, 5.74) is 0.0601. The van der Waals surface area contributed by atoms with Gasteiger partial charge in [0.05, 0.1) is 18.3 Å². The molecule has 0 bridgehead atoms. The summed E-state index contributed by atoms with van der Waals surface area (Å²) in [6, 6.07) is 6.56. The smallest absolute Gasteiger partial charge is 1.00 e. The molecule has 1 fully saturated rings. The van der Waals surface area contributed by atoms with Crippen LogP contribution in [0, 0.1) is 0 Å². The molecule has 1 heterocycles. The number of hydrogen-bond acceptors (Lipinski definition) is 5. The quantitative estimate of drug-likeness (QED) is 0.414. The molecule has 0 radical (unpaired) electrons. The molecule has 1 atom stereocenters. The van der Waals surface area contributed by atoms with E-state index in [4.69, 9.17) is 0 Å². The van der Waals surface area contributed by atoms with Crippen molar-refractivity contribution in [2.24, 2.45) is 0 Å². The molecule has 0 aliphatic carbocycles. The second kappa shape index (κ2) is 6.44. The van der Waals surface area contributed by atoms with E-state index in [9.17, 15) is 23.4 Å². The number of anilines is 1. The van der Waals surface area contributed by atoms with Crippen LogP contribution in [0.4, 0.5) is 5.69 Å². The molecule has 112 valence electrons. The Kier molecular flexibility index (Phi) is 5.17. The minimum absolute atomic E-state index is 0. The molecule has 22 heavy (non-hydrogen) atoms. The van der Waals surface area contributed by atoms with Crippen LogP contribution in [0.3, 0.4) is 0 Å². The van der Waals surface area contributed by atoms with Crippen LogP contribution in [0.5, 0.6) is 11.5 Å². The molecule has 0 amide bonds. The second-order valence-corrected chi connectivity index (χ2v) is 6.40. The maximum absolute atomic E-state index is 12.0. The molecular weight excluding hydrogens is 335 g/mol. The first-order chi connectivity index (χ1) is 9.90. The van der Waals surface area contributed by atoms with Crippen LogP contribution in [0.2, 0.25) is 0 Å². The standard InChI is InChI=1S/C13H12N2O5S.K.H/c16-7-10-6-15(21(19,20)14-10)12-4-9-3-11(17)2-1-8(9)5-13(12)18;;/h1-5,7,10,14,17-18H,6H2;;/q;+1;-1. The number of fused-ring (bicyclic) bond motifs is 1. The van der Waals surface area contributed by atoms with Gasteiger partial charge in [-0.05, 0) is 35.0 Å². The summed E-state index contributed by atoms with van der Waals surface area (Å²) in [4.78, 5) is 10.8. The summed E-state index contributed by atoms with van der Waals surface area (Å²) < 4.78 is 27.1. The Labute approximate surface area is 171 Å². The van der Waals surface area contributed by atoms with Crippen LogP contribution in [0.1, 0.15) is 1.43 Å². The van der Waals surface area contributed by atoms with Crippen molar-refractivity contribution in [3.8, 4) is 11.5 Å². The Morgan fingerprint density at radius 2 is 1.95 bits per heavy atom. The molecule has 1 aliphatic rings. The summed E-state index contributed by atoms with van der Waals surface area (Å²) in [5, 5.41) is 20.8. The Morgan fingerprint density at radius 1 is 1.23 bits per heavy atom. The van der Waals surface area contributed by atoms with Gasteiger partial charge in [-0.3, -0.25) is 4.31 Å². The minimum atomic E-state index is -3.87. The van der Waals surface area contributed by atoms with E-state index in [1.165, 1.54) is 24.3 Å². The van der Waals surface area contributed by atoms with Crippen molar-refractivity contribution in [3.63, 3.8) is 0 Å². The van der Waals surface area contributed by atoms with E-state index in [2.05, 4.69) is 4.72 Å². The summed E-state index contributed by atoms with van der Waals surface area (Å²) >= 11 is 0. The molecular formula is C13H13KN2O5S. The first kappa shape index (κ1) is 17.7. The summed E-state index contributed by atoms with van der Waals surface area (Å²) in [6.07, 6.45) is 0.501. The third-order valence-electron chi connectivity index (χ3n) is 3.30. The van der Waals surface area contributed by atoms with Crippen molar-refractivity contribution < 1.29 is 76.2 Å². The third kappa shape index (κ3) is 3.16. The molecule has 3 N–H and O–H groups in total. The van der Waals surface area contributed by atoms with Gasteiger partial charge in [0.25, 0.3) is 0 Å². The largest absolute Gasteiger partial charge is 1.00 e. The molecule has 0 aromatic heterocycles. The number of phenolic OH excluding ortho intramolecular Hbond substituents is 2. The molecule has 0 spiro atoms. The van der Waals surface area contributed by atoms with Gasteiger partial charge in [0.2, 0.25) is 0 Å². The van der Waals surface area contributed by atoms with Gasteiger partial charge in [0, 0.05) is 0 Å². The maximum atomic E-state index is 12.0. The van der Waals surface area contributed by atoms with Gasteiger partial charge >= 0.3 is 61.6 Å². The number of aldehydes is 1. The summed E-state index contributed by atoms with van der Waals surface area (Å²) in [6.45, 7) is -0.0935. The molecule has 0 saturated carbocycles. The van der Waals surface area contributed by atoms with Crippen molar-refractivity contribution >= 4 is 33.0 Å². The van der Waals surface area contributed by atoms with Gasteiger partial charge < -0.3 is 16.4 Å². The van der Waals surface area contributed by atoms with Crippen molar-refractivity contribution in [2.75, 3.05) is 10.8 Å². The first-order valence-corrected chi connectivity index (χ1v) is 7.56. The number of nitrogens with one attached hydrogen (secondary N) is 1. The van der Waals surface area contributed by atoms with Gasteiger partial charge in [-0.15, -0.1) is 0 Å². The SMILES string of the molecule is O=CC1CN(c2cc3cc(O)ccc3cc2O)S(=O)(=O)N1.[H-].[K+]. The monoisotopic (exact) mass is 348 g/mol. The number of nitrogens with zero attached hydrogens (tertiary/aromatic N) is 1. The van der Waals surface area contributed by atoms with Gasteiger partial charge in [0.1, 0.15) is 17.8 Å². The average Bonchev–Trinajstić information content (AvgIpc) is 2.73. The zero-order valence-corrected chi connectivity index (χ0v) is 15.7. The van der Waals surface area contributed by atoms with Crippen LogP contribution < -0.4 is 60.4 Å². The predicted molar refractivity (Wildman–Crippen MR) is 77.6 cm³/mol. The van der Waals surface area contributed by atoms with Crippen LogP contribution in [-0.2, 0) is 15.0 Å². The van der Waals surface area contributed by atoms with Crippen LogP contribution >= 0.6 is 0 Å². The van der Waals surface area contributed by atoms with Crippen molar-refractivity contribution in [1.29, 1.82) is 0 Å². The van der Waals surface area contributed by atoms with Gasteiger partial charge in [-0.1, -0.05) is 6.07 Å². The molecule has 3 rings (SSSR count). The van der Waals surface area contributed by atoms with E-state index in [1.54, 1.807) is 6.07 Å². The van der Waals surface area contributed by atoms with E-state index >= 15 is 0 Å².